The highest BCUT2D eigenvalue weighted by Crippen LogP contribution is 2.40. The lowest BCUT2D eigenvalue weighted by molar-refractivity contribution is 0.0240. The van der Waals surface area contributed by atoms with Crippen molar-refractivity contribution in [3.05, 3.63) is 42.3 Å². The highest BCUT2D eigenvalue weighted by Gasteiger charge is 2.28. The van der Waals surface area contributed by atoms with Crippen molar-refractivity contribution in [2.75, 3.05) is 37.3 Å². The van der Waals surface area contributed by atoms with Crippen LogP contribution in [0, 0.1) is 5.82 Å². The van der Waals surface area contributed by atoms with E-state index in [1.807, 2.05) is 33.1 Å². The molecule has 0 bridgehead atoms. The van der Waals surface area contributed by atoms with E-state index in [2.05, 4.69) is 14.9 Å². The van der Waals surface area contributed by atoms with Gasteiger partial charge in [0.25, 0.3) is 0 Å². The quantitative estimate of drug-likeness (QED) is 0.371. The molecule has 0 radical (unpaired) electrons. The van der Waals surface area contributed by atoms with E-state index in [1.54, 1.807) is 29.3 Å². The van der Waals surface area contributed by atoms with Gasteiger partial charge in [0, 0.05) is 37.9 Å². The molecule has 0 saturated carbocycles. The van der Waals surface area contributed by atoms with Crippen LogP contribution in [-0.4, -0.2) is 64.0 Å². The number of hydrogen-bond donors (Lipinski definition) is 0. The fourth-order valence-electron chi connectivity index (χ4n) is 3.43. The summed E-state index contributed by atoms with van der Waals surface area (Å²) in [6, 6.07) is 8.45. The van der Waals surface area contributed by atoms with Gasteiger partial charge in [-0.3, -0.25) is 0 Å². The van der Waals surface area contributed by atoms with E-state index < -0.39 is 5.60 Å². The summed E-state index contributed by atoms with van der Waals surface area (Å²) in [6.07, 6.45) is 3.32. The zero-order valence-corrected chi connectivity index (χ0v) is 20.7. The molecule has 1 aromatic carbocycles. The van der Waals surface area contributed by atoms with Crippen LogP contribution in [0.15, 0.2) is 41.7 Å². The molecule has 1 amide bonds. The number of amides is 1. The number of aromatic nitrogens is 3. The Kier molecular flexibility index (Phi) is 6.85. The van der Waals surface area contributed by atoms with Gasteiger partial charge in [0.05, 0.1) is 16.3 Å². The summed E-state index contributed by atoms with van der Waals surface area (Å²) in [5.74, 6) is -0.329. The zero-order valence-electron chi connectivity index (χ0n) is 19.0. The first kappa shape index (κ1) is 23.4. The SMILES string of the molecule is CSc1nccc(-c2sc(N3CCN(C(=O)OC(C)(C)C)CC3)nc2-c2ccccc2F)n1. The van der Waals surface area contributed by atoms with Crippen LogP contribution in [0.25, 0.3) is 21.8 Å². The largest absolute Gasteiger partial charge is 0.444 e. The molecule has 0 spiro atoms. The Bertz CT molecular complexity index is 1140. The van der Waals surface area contributed by atoms with Crippen molar-refractivity contribution in [3.63, 3.8) is 0 Å². The van der Waals surface area contributed by atoms with Crippen molar-refractivity contribution in [3.8, 4) is 21.8 Å². The number of ether oxygens (including phenoxy) is 1. The molecule has 1 aliphatic rings. The number of anilines is 1. The third-order valence-electron chi connectivity index (χ3n) is 5.00. The first-order valence-corrected chi connectivity index (χ1v) is 12.7. The Labute approximate surface area is 201 Å². The molecule has 0 aliphatic carbocycles. The van der Waals surface area contributed by atoms with Crippen LogP contribution < -0.4 is 4.90 Å². The van der Waals surface area contributed by atoms with E-state index >= 15 is 0 Å². The first-order chi connectivity index (χ1) is 15.7. The summed E-state index contributed by atoms with van der Waals surface area (Å²) in [7, 11) is 0. The predicted molar refractivity (Wildman–Crippen MR) is 130 cm³/mol. The summed E-state index contributed by atoms with van der Waals surface area (Å²) < 4.78 is 20.2. The Balaban J connectivity index is 1.63. The van der Waals surface area contributed by atoms with Gasteiger partial charge in [-0.05, 0) is 45.2 Å². The van der Waals surface area contributed by atoms with Gasteiger partial charge < -0.3 is 14.5 Å². The number of carbonyl (C=O) groups excluding carboxylic acids is 1. The number of hydrogen-bond acceptors (Lipinski definition) is 8. The van der Waals surface area contributed by atoms with E-state index in [0.717, 1.165) is 10.0 Å². The predicted octanol–water partition coefficient (Wildman–Crippen LogP) is 5.19. The lowest BCUT2D eigenvalue weighted by atomic mass is 10.1. The summed E-state index contributed by atoms with van der Waals surface area (Å²) in [5.41, 5.74) is 1.18. The van der Waals surface area contributed by atoms with Gasteiger partial charge in [-0.25, -0.2) is 24.1 Å². The highest BCUT2D eigenvalue weighted by atomic mass is 32.2. The Hall–Kier alpha value is -2.72. The second kappa shape index (κ2) is 9.64. The van der Waals surface area contributed by atoms with Crippen LogP contribution in [0.5, 0.6) is 0 Å². The minimum atomic E-state index is -0.528. The third-order valence-corrected chi connectivity index (χ3v) is 6.70. The third kappa shape index (κ3) is 5.44. The molecule has 3 aromatic rings. The van der Waals surface area contributed by atoms with E-state index in [4.69, 9.17) is 9.72 Å². The van der Waals surface area contributed by atoms with Crippen LogP contribution >= 0.6 is 23.1 Å². The van der Waals surface area contributed by atoms with Gasteiger partial charge in [0.1, 0.15) is 11.4 Å². The van der Waals surface area contributed by atoms with Crippen molar-refractivity contribution in [2.24, 2.45) is 0 Å². The highest BCUT2D eigenvalue weighted by molar-refractivity contribution is 7.98. The molecule has 7 nitrogen and oxygen atoms in total. The molecular weight excluding hydrogens is 461 g/mol. The van der Waals surface area contributed by atoms with Crippen LogP contribution in [0.2, 0.25) is 0 Å². The maximum absolute atomic E-state index is 14.7. The number of benzene rings is 1. The molecule has 1 saturated heterocycles. The van der Waals surface area contributed by atoms with Crippen LogP contribution in [0.1, 0.15) is 20.8 Å². The van der Waals surface area contributed by atoms with Gasteiger partial charge in [0.2, 0.25) is 0 Å². The average Bonchev–Trinajstić information content (AvgIpc) is 3.23. The minimum Gasteiger partial charge on any atom is -0.444 e. The molecule has 4 rings (SSSR count). The Morgan fingerprint density at radius 2 is 1.85 bits per heavy atom. The van der Waals surface area contributed by atoms with Crippen molar-refractivity contribution in [1.29, 1.82) is 0 Å². The maximum atomic E-state index is 14.7. The second-order valence-corrected chi connectivity index (χ2v) is 10.3. The van der Waals surface area contributed by atoms with Gasteiger partial charge in [-0.2, -0.15) is 0 Å². The van der Waals surface area contributed by atoms with Crippen LogP contribution in [0.3, 0.4) is 0 Å². The molecule has 0 atom stereocenters. The smallest absolute Gasteiger partial charge is 0.410 e. The van der Waals surface area contributed by atoms with Crippen molar-refractivity contribution in [2.45, 2.75) is 31.5 Å². The number of thiazole rings is 1. The summed E-state index contributed by atoms with van der Waals surface area (Å²) in [6.45, 7) is 7.87. The Morgan fingerprint density at radius 3 is 2.52 bits per heavy atom. The topological polar surface area (TPSA) is 71.5 Å². The second-order valence-electron chi connectivity index (χ2n) is 8.54. The molecule has 10 heteroatoms. The number of carbonyl (C=O) groups is 1. The van der Waals surface area contributed by atoms with Crippen molar-refractivity contribution in [1.82, 2.24) is 19.9 Å². The van der Waals surface area contributed by atoms with Gasteiger partial charge in [-0.1, -0.05) is 35.2 Å². The lowest BCUT2D eigenvalue weighted by Crippen LogP contribution is -2.50. The van der Waals surface area contributed by atoms with Crippen LogP contribution in [-0.2, 0) is 4.74 Å². The normalized spacial score (nSPS) is 14.5. The molecule has 1 aliphatic heterocycles. The zero-order chi connectivity index (χ0) is 23.6. The van der Waals surface area contributed by atoms with Gasteiger partial charge in [-0.15, -0.1) is 0 Å². The molecule has 1 fully saturated rings. The molecule has 0 unspecified atom stereocenters. The maximum Gasteiger partial charge on any atom is 0.410 e. The van der Waals surface area contributed by atoms with E-state index in [1.165, 1.54) is 29.2 Å². The van der Waals surface area contributed by atoms with E-state index in [9.17, 15) is 9.18 Å². The summed E-state index contributed by atoms with van der Waals surface area (Å²) in [5, 5.41) is 1.42. The molecule has 0 N–H and O–H groups in total. The van der Waals surface area contributed by atoms with Gasteiger partial charge in [0.15, 0.2) is 10.3 Å². The first-order valence-electron chi connectivity index (χ1n) is 10.6. The lowest BCUT2D eigenvalue weighted by Gasteiger charge is -2.35. The molecule has 3 heterocycles. The van der Waals surface area contributed by atoms with Crippen LogP contribution in [0.4, 0.5) is 14.3 Å². The number of halogens is 1. The summed E-state index contributed by atoms with van der Waals surface area (Å²) in [4.78, 5) is 30.7. The molecule has 2 aromatic heterocycles. The minimum absolute atomic E-state index is 0.306. The fourth-order valence-corrected chi connectivity index (χ4v) is 4.88. The monoisotopic (exact) mass is 487 g/mol. The average molecular weight is 488 g/mol. The molecule has 33 heavy (non-hydrogen) atoms. The number of piperazine rings is 1. The molecular formula is C23H26FN5O2S2. The van der Waals surface area contributed by atoms with Crippen molar-refractivity contribution >= 4 is 34.3 Å². The Morgan fingerprint density at radius 1 is 1.12 bits per heavy atom. The standard InChI is InChI=1S/C23H26FN5O2S2/c1-23(2,3)31-22(30)29-13-11-28(12-14-29)21-27-18(15-7-5-6-8-16(15)24)19(33-21)17-9-10-25-20(26-17)32-4/h5-10H,11-14H2,1-4H3. The summed E-state index contributed by atoms with van der Waals surface area (Å²) >= 11 is 2.93. The van der Waals surface area contributed by atoms with E-state index in [0.29, 0.717) is 48.3 Å². The number of rotatable bonds is 4. The number of thioether (sulfide) groups is 1. The van der Waals surface area contributed by atoms with E-state index in [-0.39, 0.29) is 11.9 Å². The number of nitrogens with zero attached hydrogens (tertiary/aromatic N) is 5. The molecule has 174 valence electrons. The fraction of sp³-hybridized carbons (Fsp3) is 0.391. The van der Waals surface area contributed by atoms with Crippen molar-refractivity contribution < 1.29 is 13.9 Å². The van der Waals surface area contributed by atoms with Gasteiger partial charge >= 0.3 is 6.09 Å².